The van der Waals surface area contributed by atoms with Gasteiger partial charge in [0.25, 0.3) is 0 Å². The minimum Gasteiger partial charge on any atom is -0.379 e. The molecular weight excluding hydrogens is 232 g/mol. The number of hydrogen-bond donors (Lipinski definition) is 2. The first-order chi connectivity index (χ1) is 8.65. The van der Waals surface area contributed by atoms with E-state index >= 15 is 0 Å². The van der Waals surface area contributed by atoms with E-state index in [1.165, 1.54) is 12.8 Å². The van der Waals surface area contributed by atoms with E-state index in [9.17, 15) is 0 Å². The molecule has 0 bridgehead atoms. The number of anilines is 3. The number of nitrogens with two attached hydrogens (primary N) is 1. The molecule has 2 rings (SSSR count). The second kappa shape index (κ2) is 5.81. The molecule has 1 aliphatic rings. The molecule has 0 aromatic carbocycles. The fraction of sp³-hybridized carbons (Fsp3) is 0.727. The highest BCUT2D eigenvalue weighted by Gasteiger charge is 2.20. The van der Waals surface area contributed by atoms with Crippen molar-refractivity contribution in [1.29, 1.82) is 0 Å². The average molecular weight is 252 g/mol. The molecule has 0 aliphatic heterocycles. The molecule has 1 aliphatic carbocycles. The molecule has 18 heavy (non-hydrogen) atoms. The van der Waals surface area contributed by atoms with Gasteiger partial charge in [-0.2, -0.15) is 15.0 Å². The molecule has 1 heterocycles. The summed E-state index contributed by atoms with van der Waals surface area (Å²) >= 11 is 0. The maximum atomic E-state index is 5.62. The van der Waals surface area contributed by atoms with Crippen molar-refractivity contribution in [3.05, 3.63) is 0 Å². The van der Waals surface area contributed by atoms with Crippen molar-refractivity contribution in [2.75, 3.05) is 49.8 Å². The first kappa shape index (κ1) is 12.8. The predicted octanol–water partition coefficient (Wildman–Crippen LogP) is 0.358. The largest absolute Gasteiger partial charge is 0.379 e. The van der Waals surface area contributed by atoms with E-state index in [1.54, 1.807) is 4.90 Å². The Hall–Kier alpha value is -1.63. The van der Waals surface area contributed by atoms with Crippen LogP contribution >= 0.6 is 0 Å². The molecule has 1 aromatic heterocycles. The van der Waals surface area contributed by atoms with Gasteiger partial charge in [-0.1, -0.05) is 0 Å². The first-order valence-electron chi connectivity index (χ1n) is 6.15. The second-order valence-electron chi connectivity index (χ2n) is 4.66. The zero-order valence-electron chi connectivity index (χ0n) is 10.9. The smallest absolute Gasteiger partial charge is 0.231 e. The van der Waals surface area contributed by atoms with E-state index in [0.29, 0.717) is 25.0 Å². The Labute approximate surface area is 107 Å². The maximum Gasteiger partial charge on any atom is 0.231 e. The summed E-state index contributed by atoms with van der Waals surface area (Å²) in [6.45, 7) is 2.19. The number of hydrogen-bond acceptors (Lipinski definition) is 7. The molecule has 100 valence electrons. The van der Waals surface area contributed by atoms with Gasteiger partial charge in [-0.15, -0.1) is 0 Å². The van der Waals surface area contributed by atoms with E-state index in [-0.39, 0.29) is 5.95 Å². The van der Waals surface area contributed by atoms with Gasteiger partial charge in [0.2, 0.25) is 17.8 Å². The summed E-state index contributed by atoms with van der Waals surface area (Å²) in [5.41, 5.74) is 5.62. The SMILES string of the molecule is CN(C)c1nc(N)nc(NCCOCC2CC2)n1. The van der Waals surface area contributed by atoms with Crippen LogP contribution in [0.3, 0.4) is 0 Å². The third-order valence-corrected chi connectivity index (χ3v) is 2.62. The molecule has 1 aromatic rings. The van der Waals surface area contributed by atoms with Crippen LogP contribution in [0, 0.1) is 5.92 Å². The summed E-state index contributed by atoms with van der Waals surface area (Å²) in [6, 6.07) is 0. The summed E-state index contributed by atoms with van der Waals surface area (Å²) in [6.07, 6.45) is 2.62. The fourth-order valence-electron chi connectivity index (χ4n) is 1.43. The lowest BCUT2D eigenvalue weighted by Gasteiger charge is -2.12. The van der Waals surface area contributed by atoms with Crippen molar-refractivity contribution in [2.45, 2.75) is 12.8 Å². The molecule has 0 spiro atoms. The van der Waals surface area contributed by atoms with Crippen LogP contribution in [0.1, 0.15) is 12.8 Å². The Balaban J connectivity index is 1.76. The van der Waals surface area contributed by atoms with Gasteiger partial charge in [-0.25, -0.2) is 0 Å². The topological polar surface area (TPSA) is 89.2 Å². The molecule has 7 heteroatoms. The van der Waals surface area contributed by atoms with Crippen molar-refractivity contribution in [3.63, 3.8) is 0 Å². The van der Waals surface area contributed by atoms with Crippen molar-refractivity contribution < 1.29 is 4.74 Å². The molecule has 0 saturated heterocycles. The third kappa shape index (κ3) is 3.99. The van der Waals surface area contributed by atoms with Gasteiger partial charge >= 0.3 is 0 Å². The molecule has 7 nitrogen and oxygen atoms in total. The third-order valence-electron chi connectivity index (χ3n) is 2.62. The van der Waals surface area contributed by atoms with Crippen LogP contribution in [0.15, 0.2) is 0 Å². The molecule has 3 N–H and O–H groups in total. The molecular formula is C11H20N6O. The Morgan fingerprint density at radius 2 is 2.11 bits per heavy atom. The monoisotopic (exact) mass is 252 g/mol. The minimum atomic E-state index is 0.218. The fourth-order valence-corrected chi connectivity index (χ4v) is 1.43. The average Bonchev–Trinajstić information content (AvgIpc) is 3.12. The Kier molecular flexibility index (Phi) is 4.14. The van der Waals surface area contributed by atoms with Gasteiger partial charge in [0.15, 0.2) is 0 Å². The van der Waals surface area contributed by atoms with Gasteiger partial charge < -0.3 is 20.7 Å². The summed E-state index contributed by atoms with van der Waals surface area (Å²) in [4.78, 5) is 14.1. The molecule has 1 fully saturated rings. The lowest BCUT2D eigenvalue weighted by molar-refractivity contribution is 0.133. The van der Waals surface area contributed by atoms with Gasteiger partial charge in [0, 0.05) is 27.2 Å². The number of ether oxygens (including phenoxy) is 1. The quantitative estimate of drug-likeness (QED) is 0.677. The van der Waals surface area contributed by atoms with E-state index < -0.39 is 0 Å². The van der Waals surface area contributed by atoms with E-state index in [2.05, 4.69) is 20.3 Å². The highest BCUT2D eigenvalue weighted by Crippen LogP contribution is 2.28. The van der Waals surface area contributed by atoms with Crippen LogP contribution in [-0.2, 0) is 4.74 Å². The van der Waals surface area contributed by atoms with Crippen molar-refractivity contribution in [3.8, 4) is 0 Å². The van der Waals surface area contributed by atoms with Crippen LogP contribution in [0.4, 0.5) is 17.8 Å². The Morgan fingerprint density at radius 1 is 1.33 bits per heavy atom. The van der Waals surface area contributed by atoms with Gasteiger partial charge in [0.05, 0.1) is 6.61 Å². The van der Waals surface area contributed by atoms with E-state index in [1.807, 2.05) is 14.1 Å². The summed E-state index contributed by atoms with van der Waals surface area (Å²) < 4.78 is 5.51. The van der Waals surface area contributed by atoms with Crippen LogP contribution < -0.4 is 16.0 Å². The van der Waals surface area contributed by atoms with Gasteiger partial charge in [-0.05, 0) is 18.8 Å². The van der Waals surface area contributed by atoms with Crippen molar-refractivity contribution >= 4 is 17.8 Å². The van der Waals surface area contributed by atoms with Crippen molar-refractivity contribution in [2.24, 2.45) is 5.92 Å². The molecule has 0 radical (unpaired) electrons. The van der Waals surface area contributed by atoms with Crippen molar-refractivity contribution in [1.82, 2.24) is 15.0 Å². The minimum absolute atomic E-state index is 0.218. The van der Waals surface area contributed by atoms with Crippen LogP contribution in [0.2, 0.25) is 0 Å². The molecule has 0 atom stereocenters. The number of nitrogen functional groups attached to an aromatic ring is 1. The summed E-state index contributed by atoms with van der Waals surface area (Å²) in [5.74, 6) is 2.04. The standard InChI is InChI=1S/C11H20N6O/c1-17(2)11-15-9(12)14-10(16-11)13-5-6-18-7-8-3-4-8/h8H,3-7H2,1-2H3,(H3,12,13,14,15,16). The second-order valence-corrected chi connectivity index (χ2v) is 4.66. The highest BCUT2D eigenvalue weighted by molar-refractivity contribution is 5.40. The van der Waals surface area contributed by atoms with Crippen LogP contribution in [-0.4, -0.2) is 48.8 Å². The Bertz CT molecular complexity index is 393. The predicted molar refractivity (Wildman–Crippen MR) is 70.6 cm³/mol. The summed E-state index contributed by atoms with van der Waals surface area (Å²) in [5, 5.41) is 3.08. The molecule has 0 unspecified atom stereocenters. The number of aromatic nitrogens is 3. The maximum absolute atomic E-state index is 5.62. The van der Waals surface area contributed by atoms with Crippen LogP contribution in [0.5, 0.6) is 0 Å². The Morgan fingerprint density at radius 3 is 2.78 bits per heavy atom. The van der Waals surface area contributed by atoms with Crippen LogP contribution in [0.25, 0.3) is 0 Å². The summed E-state index contributed by atoms with van der Waals surface area (Å²) in [7, 11) is 3.72. The number of nitrogens with one attached hydrogen (secondary N) is 1. The highest BCUT2D eigenvalue weighted by atomic mass is 16.5. The molecule has 0 amide bonds. The zero-order valence-corrected chi connectivity index (χ0v) is 10.9. The zero-order chi connectivity index (χ0) is 13.0. The lowest BCUT2D eigenvalue weighted by Crippen LogP contribution is -2.18. The normalized spacial score (nSPS) is 14.6. The first-order valence-corrected chi connectivity index (χ1v) is 6.15. The molecule has 1 saturated carbocycles. The van der Waals surface area contributed by atoms with E-state index in [4.69, 9.17) is 10.5 Å². The lowest BCUT2D eigenvalue weighted by atomic mass is 10.5. The van der Waals surface area contributed by atoms with E-state index in [0.717, 1.165) is 12.5 Å². The number of rotatable bonds is 7. The number of nitrogens with zero attached hydrogens (tertiary/aromatic N) is 4. The van der Waals surface area contributed by atoms with Gasteiger partial charge in [0.1, 0.15) is 0 Å². The van der Waals surface area contributed by atoms with Gasteiger partial charge in [-0.3, -0.25) is 0 Å².